The molecule has 4 N–H and O–H groups in total. The summed E-state index contributed by atoms with van der Waals surface area (Å²) in [6, 6.07) is 0. The zero-order valence-corrected chi connectivity index (χ0v) is 5.04. The van der Waals surface area contributed by atoms with E-state index >= 15 is 0 Å². The second-order valence-corrected chi connectivity index (χ2v) is 2.78. The van der Waals surface area contributed by atoms with Crippen molar-refractivity contribution in [1.82, 2.24) is 0 Å². The highest BCUT2D eigenvalue weighted by Gasteiger charge is 1.86. The minimum atomic E-state index is -0.733. The van der Waals surface area contributed by atoms with Crippen LogP contribution in [0.1, 0.15) is 0 Å². The van der Waals surface area contributed by atoms with Crippen molar-refractivity contribution in [2.75, 3.05) is 12.0 Å². The van der Waals surface area contributed by atoms with Gasteiger partial charge in [-0.2, -0.15) is 0 Å². The summed E-state index contributed by atoms with van der Waals surface area (Å²) in [4.78, 5) is 0. The minimum absolute atomic E-state index is 0.582. The van der Waals surface area contributed by atoms with Gasteiger partial charge < -0.3 is 0 Å². The summed E-state index contributed by atoms with van der Waals surface area (Å²) in [6.07, 6.45) is 0.761. The molecule has 0 bridgehead atoms. The zero-order valence-electron chi connectivity index (χ0n) is 3.39. The second kappa shape index (κ2) is 3.82. The molecule has 0 aliphatic rings. The zero-order chi connectivity index (χ0) is 4.99. The maximum atomic E-state index is 5.25. The van der Waals surface area contributed by atoms with Gasteiger partial charge in [0.25, 0.3) is 0 Å². The first kappa shape index (κ1) is 6.64. The van der Waals surface area contributed by atoms with Gasteiger partial charge in [-0.25, -0.2) is 0 Å². The van der Waals surface area contributed by atoms with Crippen molar-refractivity contribution in [3.8, 4) is 0 Å². The third-order valence-electron chi connectivity index (χ3n) is 0.343. The first-order chi connectivity index (χ1) is 2.77. The Morgan fingerprint density at radius 2 is 2.00 bits per heavy atom. The fraction of sp³-hybridized carbons (Fsp3) is 1.00. The lowest BCUT2D eigenvalue weighted by atomic mass is 11.0. The molecule has 4 heteroatoms. The first-order valence-corrected chi connectivity index (χ1v) is 3.80. The predicted molar refractivity (Wildman–Crippen MR) is 30.9 cm³/mol. The Kier molecular flexibility index (Phi) is 4.22. The largest absolute Gasteiger partial charge is 0.298 e. The van der Waals surface area contributed by atoms with Crippen LogP contribution in [-0.4, -0.2) is 12.0 Å². The van der Waals surface area contributed by atoms with Gasteiger partial charge in [0.1, 0.15) is 0 Å². The summed E-state index contributed by atoms with van der Waals surface area (Å²) < 4.78 is 0. The van der Waals surface area contributed by atoms with Crippen molar-refractivity contribution in [2.45, 2.75) is 0 Å². The number of nitrogens with two attached hydrogens (primary N) is 2. The van der Waals surface area contributed by atoms with Crippen molar-refractivity contribution in [1.29, 1.82) is 0 Å². The average molecular weight is 127 g/mol. The molecule has 0 saturated carbocycles. The Balaban J connectivity index is 2.63. The van der Waals surface area contributed by atoms with E-state index < -0.39 is 8.22 Å². The Labute approximate surface area is 43.7 Å². The molecule has 0 aromatic rings. The monoisotopic (exact) mass is 126 g/mol. The third-order valence-corrected chi connectivity index (χ3v) is 1.54. The molecule has 0 rings (SSSR count). The lowest BCUT2D eigenvalue weighted by molar-refractivity contribution is 1.47. The van der Waals surface area contributed by atoms with Crippen LogP contribution < -0.4 is 11.0 Å². The molecule has 0 aliphatic carbocycles. The van der Waals surface area contributed by atoms with Crippen LogP contribution in [0, 0.1) is 0 Å². The van der Waals surface area contributed by atoms with Crippen LogP contribution in [-0.2, 0) is 0 Å². The van der Waals surface area contributed by atoms with Crippen LogP contribution >= 0.6 is 19.8 Å². The molecule has 0 saturated heterocycles. The molecule has 0 aromatic carbocycles. The summed E-state index contributed by atoms with van der Waals surface area (Å²) in [5, 5.41) is 0. The number of halogens is 1. The standard InChI is InChI=1S/C2H8ClN2P/c3-1-2-6(4)5/h1-2,4-5H2. The topological polar surface area (TPSA) is 52.0 Å². The first-order valence-electron chi connectivity index (χ1n) is 1.60. The molecule has 0 amide bonds. The van der Waals surface area contributed by atoms with Gasteiger partial charge in [0.2, 0.25) is 0 Å². The SMILES string of the molecule is NP(N)CCCl. The van der Waals surface area contributed by atoms with Gasteiger partial charge in [-0.3, -0.25) is 11.0 Å². The van der Waals surface area contributed by atoms with Crippen molar-refractivity contribution < 1.29 is 0 Å². The molecule has 0 heterocycles. The smallest absolute Gasteiger partial charge is 0.0293 e. The second-order valence-electron chi connectivity index (χ2n) is 0.927. The minimum Gasteiger partial charge on any atom is -0.298 e. The van der Waals surface area contributed by atoms with Crippen LogP contribution in [0.2, 0.25) is 0 Å². The van der Waals surface area contributed by atoms with Gasteiger partial charge >= 0.3 is 0 Å². The Bertz CT molecular complexity index is 32.7. The average Bonchev–Trinajstić information content (AvgIpc) is 1.35. The van der Waals surface area contributed by atoms with Crippen LogP contribution in [0.4, 0.5) is 0 Å². The highest BCUT2D eigenvalue weighted by atomic mass is 35.5. The molecule has 0 unspecified atom stereocenters. The molecule has 2 nitrogen and oxygen atoms in total. The van der Waals surface area contributed by atoms with E-state index in [0.717, 1.165) is 6.16 Å². The molecular formula is C2H8ClN2P. The maximum Gasteiger partial charge on any atom is 0.0293 e. The third kappa shape index (κ3) is 4.64. The van der Waals surface area contributed by atoms with E-state index in [9.17, 15) is 0 Å². The van der Waals surface area contributed by atoms with Crippen molar-refractivity contribution >= 4 is 19.8 Å². The van der Waals surface area contributed by atoms with E-state index in [0.29, 0.717) is 5.88 Å². The molecule has 0 aromatic heterocycles. The highest BCUT2D eigenvalue weighted by molar-refractivity contribution is 7.52. The number of hydrogen-bond acceptors (Lipinski definition) is 2. The fourth-order valence-corrected chi connectivity index (χ4v) is 0.878. The molecule has 6 heavy (non-hydrogen) atoms. The normalized spacial score (nSPS) is 10.0. The van der Waals surface area contributed by atoms with E-state index in [2.05, 4.69) is 0 Å². The maximum absolute atomic E-state index is 5.25. The van der Waals surface area contributed by atoms with Gasteiger partial charge in [-0.15, -0.1) is 11.6 Å². The molecule has 0 aliphatic heterocycles. The van der Waals surface area contributed by atoms with E-state index in [1.165, 1.54) is 0 Å². The Morgan fingerprint density at radius 3 is 2.00 bits per heavy atom. The van der Waals surface area contributed by atoms with Crippen LogP contribution in [0.25, 0.3) is 0 Å². The summed E-state index contributed by atoms with van der Waals surface area (Å²) in [7, 11) is -0.733. The molecule has 0 fully saturated rings. The van der Waals surface area contributed by atoms with Crippen LogP contribution in [0.3, 0.4) is 0 Å². The van der Waals surface area contributed by atoms with Crippen molar-refractivity contribution in [3.05, 3.63) is 0 Å². The van der Waals surface area contributed by atoms with Crippen molar-refractivity contribution in [3.63, 3.8) is 0 Å². The van der Waals surface area contributed by atoms with E-state index in [1.54, 1.807) is 0 Å². The van der Waals surface area contributed by atoms with Crippen molar-refractivity contribution in [2.24, 2.45) is 11.0 Å². The quantitative estimate of drug-likeness (QED) is 0.417. The summed E-state index contributed by atoms with van der Waals surface area (Å²) >= 11 is 5.25. The lowest BCUT2D eigenvalue weighted by Crippen LogP contribution is -2.02. The Morgan fingerprint density at radius 1 is 1.50 bits per heavy atom. The van der Waals surface area contributed by atoms with Gasteiger partial charge in [0.15, 0.2) is 0 Å². The van der Waals surface area contributed by atoms with E-state index in [1.807, 2.05) is 0 Å². The molecule has 0 atom stereocenters. The fourth-order valence-electron chi connectivity index (χ4n) is 0.0976. The number of rotatable bonds is 2. The molecule has 0 radical (unpaired) electrons. The summed E-state index contributed by atoms with van der Waals surface area (Å²) in [5.41, 5.74) is 10.3. The van der Waals surface area contributed by atoms with Gasteiger partial charge in [0, 0.05) is 20.3 Å². The summed E-state index contributed by atoms with van der Waals surface area (Å²) in [6.45, 7) is 0. The lowest BCUT2D eigenvalue weighted by Gasteiger charge is -1.96. The van der Waals surface area contributed by atoms with Gasteiger partial charge in [-0.1, -0.05) is 0 Å². The van der Waals surface area contributed by atoms with E-state index in [-0.39, 0.29) is 0 Å². The molecule has 38 valence electrons. The molecule has 0 spiro atoms. The summed E-state index contributed by atoms with van der Waals surface area (Å²) in [5.74, 6) is 0.582. The predicted octanol–water partition coefficient (Wildman–Crippen LogP) is 0.455. The molecular weight excluding hydrogens is 118 g/mol. The van der Waals surface area contributed by atoms with Crippen LogP contribution in [0.5, 0.6) is 0 Å². The number of hydrogen-bond donors (Lipinski definition) is 2. The van der Waals surface area contributed by atoms with Gasteiger partial charge in [-0.05, 0) is 0 Å². The highest BCUT2D eigenvalue weighted by Crippen LogP contribution is 2.10. The Hall–Kier alpha value is 0.640. The number of alkyl halides is 1. The van der Waals surface area contributed by atoms with E-state index in [4.69, 9.17) is 22.6 Å². The van der Waals surface area contributed by atoms with Gasteiger partial charge in [0.05, 0.1) is 0 Å². The van der Waals surface area contributed by atoms with Crippen LogP contribution in [0.15, 0.2) is 0 Å².